The van der Waals surface area contributed by atoms with Gasteiger partial charge in [0, 0.05) is 18.7 Å². The fourth-order valence-electron chi connectivity index (χ4n) is 4.68. The molecule has 0 aliphatic rings. The Morgan fingerprint density at radius 3 is 2.16 bits per heavy atom. The number of methoxy groups -OCH3 is 2. The van der Waals surface area contributed by atoms with Gasteiger partial charge in [-0.15, -0.1) is 0 Å². The van der Waals surface area contributed by atoms with Crippen molar-refractivity contribution >= 4 is 27.5 Å². The van der Waals surface area contributed by atoms with Gasteiger partial charge >= 0.3 is 0 Å². The molecule has 232 valence electrons. The molecule has 0 saturated carbocycles. The van der Waals surface area contributed by atoms with E-state index in [9.17, 15) is 18.0 Å². The second kappa shape index (κ2) is 15.4. The highest BCUT2D eigenvalue weighted by molar-refractivity contribution is 7.92. The van der Waals surface area contributed by atoms with Gasteiger partial charge in [0.1, 0.15) is 24.1 Å². The van der Waals surface area contributed by atoms with Crippen molar-refractivity contribution in [2.75, 3.05) is 31.6 Å². The minimum Gasteiger partial charge on any atom is -0.497 e. The van der Waals surface area contributed by atoms with E-state index in [2.05, 4.69) is 5.32 Å². The Labute approximate surface area is 255 Å². The molecule has 0 radical (unpaired) electrons. The van der Waals surface area contributed by atoms with Crippen molar-refractivity contribution in [3.8, 4) is 11.5 Å². The minimum atomic E-state index is -4.25. The molecule has 2 atom stereocenters. The van der Waals surface area contributed by atoms with Crippen LogP contribution in [-0.2, 0) is 26.0 Å². The maximum Gasteiger partial charge on any atom is 0.264 e. The molecule has 0 bridgehead atoms. The van der Waals surface area contributed by atoms with Gasteiger partial charge in [-0.2, -0.15) is 0 Å². The van der Waals surface area contributed by atoms with Crippen molar-refractivity contribution in [3.05, 3.63) is 83.9 Å². The van der Waals surface area contributed by atoms with Gasteiger partial charge in [-0.1, -0.05) is 61.9 Å². The number of benzene rings is 3. The summed E-state index contributed by atoms with van der Waals surface area (Å²) in [4.78, 5) is 29.2. The Kier molecular flexibility index (Phi) is 12.0. The number of aryl methyl sites for hydroxylation is 1. The third-order valence-electron chi connectivity index (χ3n) is 7.41. The van der Waals surface area contributed by atoms with E-state index in [-0.39, 0.29) is 34.8 Å². The lowest BCUT2D eigenvalue weighted by atomic mass is 10.1. The first-order valence-corrected chi connectivity index (χ1v) is 15.9. The van der Waals surface area contributed by atoms with Crippen LogP contribution >= 0.6 is 0 Å². The molecule has 3 aromatic rings. The van der Waals surface area contributed by atoms with Crippen molar-refractivity contribution in [2.24, 2.45) is 0 Å². The van der Waals surface area contributed by atoms with Crippen LogP contribution in [0.2, 0.25) is 0 Å². The first-order valence-electron chi connectivity index (χ1n) is 14.5. The molecule has 9 nitrogen and oxygen atoms in total. The molecule has 2 unspecified atom stereocenters. The molecule has 1 N–H and O–H groups in total. The van der Waals surface area contributed by atoms with Crippen LogP contribution < -0.4 is 19.1 Å². The van der Waals surface area contributed by atoms with Gasteiger partial charge in [0.15, 0.2) is 0 Å². The standard InChI is InChI=1S/C33H43N3O6S/c1-7-25(4)34-33(38)29(8-2)35(21-20-26-12-10-9-11-13-26)32(37)23-36(30-22-27(41-5)16-19-31(30)42-6)43(39,40)28-17-14-24(3)15-18-28/h9-19,22,25,29H,7-8,20-21,23H2,1-6H3,(H,34,38). The molecular formula is C33H43N3O6S. The van der Waals surface area contributed by atoms with E-state index < -0.39 is 28.5 Å². The number of amides is 2. The van der Waals surface area contributed by atoms with E-state index in [1.807, 2.05) is 58.0 Å². The molecule has 0 saturated heterocycles. The van der Waals surface area contributed by atoms with Gasteiger partial charge in [0.2, 0.25) is 11.8 Å². The monoisotopic (exact) mass is 609 g/mol. The van der Waals surface area contributed by atoms with Gasteiger partial charge < -0.3 is 19.7 Å². The number of carbonyl (C=O) groups excluding carboxylic acids is 2. The maximum atomic E-state index is 14.3. The number of nitrogens with zero attached hydrogens (tertiary/aromatic N) is 2. The summed E-state index contributed by atoms with van der Waals surface area (Å²) in [6, 6.07) is 20.0. The summed E-state index contributed by atoms with van der Waals surface area (Å²) in [5, 5.41) is 2.99. The Morgan fingerprint density at radius 2 is 1.58 bits per heavy atom. The predicted molar refractivity (Wildman–Crippen MR) is 169 cm³/mol. The van der Waals surface area contributed by atoms with E-state index in [0.29, 0.717) is 18.6 Å². The Balaban J connectivity index is 2.10. The van der Waals surface area contributed by atoms with Crippen LogP contribution in [-0.4, -0.2) is 64.5 Å². The van der Waals surface area contributed by atoms with E-state index >= 15 is 0 Å². The summed E-state index contributed by atoms with van der Waals surface area (Å²) in [7, 11) is -1.34. The van der Waals surface area contributed by atoms with Gasteiger partial charge in [-0.25, -0.2) is 8.42 Å². The summed E-state index contributed by atoms with van der Waals surface area (Å²) < 4.78 is 40.3. The van der Waals surface area contributed by atoms with E-state index in [4.69, 9.17) is 9.47 Å². The van der Waals surface area contributed by atoms with Crippen molar-refractivity contribution in [2.45, 2.75) is 63.9 Å². The molecule has 3 aromatic carbocycles. The van der Waals surface area contributed by atoms with Gasteiger partial charge in [0.05, 0.1) is 24.8 Å². The maximum absolute atomic E-state index is 14.3. The summed E-state index contributed by atoms with van der Waals surface area (Å²) in [5.74, 6) is -0.137. The summed E-state index contributed by atoms with van der Waals surface area (Å²) in [6.07, 6.45) is 1.58. The zero-order valence-electron chi connectivity index (χ0n) is 25.9. The summed E-state index contributed by atoms with van der Waals surface area (Å²) >= 11 is 0. The van der Waals surface area contributed by atoms with Crippen molar-refractivity contribution in [3.63, 3.8) is 0 Å². The van der Waals surface area contributed by atoms with Crippen LogP contribution in [0.4, 0.5) is 5.69 Å². The summed E-state index contributed by atoms with van der Waals surface area (Å²) in [5.41, 5.74) is 2.04. The highest BCUT2D eigenvalue weighted by Gasteiger charge is 2.35. The SMILES string of the molecule is CCC(C)NC(=O)C(CC)N(CCc1ccccc1)C(=O)CN(c1cc(OC)ccc1OC)S(=O)(=O)c1ccc(C)cc1. The minimum absolute atomic E-state index is 0.0214. The topological polar surface area (TPSA) is 105 Å². The Bertz CT molecular complexity index is 1460. The largest absolute Gasteiger partial charge is 0.497 e. The molecule has 0 aromatic heterocycles. The zero-order chi connectivity index (χ0) is 31.6. The van der Waals surface area contributed by atoms with Crippen LogP contribution in [0, 0.1) is 6.92 Å². The molecule has 2 amide bonds. The highest BCUT2D eigenvalue weighted by Crippen LogP contribution is 2.36. The molecule has 10 heteroatoms. The second-order valence-corrected chi connectivity index (χ2v) is 12.3. The van der Waals surface area contributed by atoms with Crippen LogP contribution in [0.1, 0.15) is 44.7 Å². The number of anilines is 1. The van der Waals surface area contributed by atoms with Crippen LogP contribution in [0.5, 0.6) is 11.5 Å². The van der Waals surface area contributed by atoms with Gasteiger partial charge in [-0.05, 0) is 62.9 Å². The average Bonchev–Trinajstić information content (AvgIpc) is 3.01. The first-order chi connectivity index (χ1) is 20.5. The molecule has 0 heterocycles. The Morgan fingerprint density at radius 1 is 0.907 bits per heavy atom. The van der Waals surface area contributed by atoms with Crippen molar-refractivity contribution in [1.82, 2.24) is 10.2 Å². The van der Waals surface area contributed by atoms with Gasteiger partial charge in [0.25, 0.3) is 10.0 Å². The van der Waals surface area contributed by atoms with Crippen LogP contribution in [0.15, 0.2) is 77.7 Å². The second-order valence-electron chi connectivity index (χ2n) is 10.4. The molecule has 0 aliphatic heterocycles. The third-order valence-corrected chi connectivity index (χ3v) is 9.19. The normalized spacial score (nSPS) is 12.6. The predicted octanol–water partition coefficient (Wildman–Crippen LogP) is 4.97. The number of rotatable bonds is 15. The molecule has 0 spiro atoms. The van der Waals surface area contributed by atoms with E-state index in [0.717, 1.165) is 21.9 Å². The average molecular weight is 610 g/mol. The van der Waals surface area contributed by atoms with Gasteiger partial charge in [-0.3, -0.25) is 13.9 Å². The van der Waals surface area contributed by atoms with E-state index in [1.165, 1.54) is 37.3 Å². The lowest BCUT2D eigenvalue weighted by Gasteiger charge is -2.34. The quantitative estimate of drug-likeness (QED) is 0.261. The van der Waals surface area contributed by atoms with Crippen LogP contribution in [0.3, 0.4) is 0 Å². The van der Waals surface area contributed by atoms with Crippen molar-refractivity contribution in [1.29, 1.82) is 0 Å². The number of hydrogen-bond donors (Lipinski definition) is 1. The fourth-order valence-corrected chi connectivity index (χ4v) is 6.10. The third kappa shape index (κ3) is 8.50. The number of hydrogen-bond acceptors (Lipinski definition) is 6. The molecule has 0 aliphatic carbocycles. The van der Waals surface area contributed by atoms with E-state index in [1.54, 1.807) is 24.3 Å². The number of carbonyl (C=O) groups is 2. The number of nitrogens with one attached hydrogen (secondary N) is 1. The highest BCUT2D eigenvalue weighted by atomic mass is 32.2. The lowest BCUT2D eigenvalue weighted by Crippen LogP contribution is -2.54. The smallest absolute Gasteiger partial charge is 0.264 e. The fraction of sp³-hybridized carbons (Fsp3) is 0.394. The summed E-state index contributed by atoms with van der Waals surface area (Å²) in [6.45, 7) is 7.26. The molecule has 0 fully saturated rings. The zero-order valence-corrected chi connectivity index (χ0v) is 26.7. The van der Waals surface area contributed by atoms with Crippen molar-refractivity contribution < 1.29 is 27.5 Å². The molecule has 43 heavy (non-hydrogen) atoms. The number of sulfonamides is 1. The number of ether oxygens (including phenoxy) is 2. The van der Waals surface area contributed by atoms with Crippen LogP contribution in [0.25, 0.3) is 0 Å². The lowest BCUT2D eigenvalue weighted by molar-refractivity contribution is -0.139. The molecule has 3 rings (SSSR count). The first kappa shape index (κ1) is 33.5. The molecular weight excluding hydrogens is 566 g/mol. The Hall–Kier alpha value is -4.05.